The molecule has 1 atom stereocenters. The quantitative estimate of drug-likeness (QED) is 0.566. The number of hydrogen-bond donors (Lipinski definition) is 1. The summed E-state index contributed by atoms with van der Waals surface area (Å²) in [6.07, 6.45) is -0.526. The average molecular weight is 449 g/mol. The molecule has 8 nitrogen and oxygen atoms in total. The van der Waals surface area contributed by atoms with E-state index in [2.05, 4.69) is 21.4 Å². The Balaban J connectivity index is 1.92. The monoisotopic (exact) mass is 448 g/mol. The highest BCUT2D eigenvalue weighted by molar-refractivity contribution is 5.81. The Morgan fingerprint density at radius 3 is 2.48 bits per heavy atom. The SMILES string of the molecule is COc1ccc(COc2nc3c([C@@H](C)NC(=O)OC(C)(C)C)cc(C)cc3nc2C#N)cc1. The molecule has 0 aliphatic rings. The van der Waals surface area contributed by atoms with E-state index >= 15 is 0 Å². The number of nitrogens with one attached hydrogen (secondary N) is 1. The maximum Gasteiger partial charge on any atom is 0.408 e. The second-order valence-electron chi connectivity index (χ2n) is 8.72. The molecule has 0 saturated carbocycles. The smallest absolute Gasteiger partial charge is 0.408 e. The molecule has 172 valence electrons. The van der Waals surface area contributed by atoms with Crippen molar-refractivity contribution in [1.82, 2.24) is 15.3 Å². The van der Waals surface area contributed by atoms with Gasteiger partial charge in [-0.2, -0.15) is 5.26 Å². The second kappa shape index (κ2) is 9.74. The Hall–Kier alpha value is -3.86. The summed E-state index contributed by atoms with van der Waals surface area (Å²) in [5.41, 5.74) is 3.17. The number of carbonyl (C=O) groups is 1. The highest BCUT2D eigenvalue weighted by Crippen LogP contribution is 2.28. The van der Waals surface area contributed by atoms with Crippen molar-refractivity contribution in [2.24, 2.45) is 0 Å². The van der Waals surface area contributed by atoms with Crippen molar-refractivity contribution >= 4 is 17.1 Å². The van der Waals surface area contributed by atoms with Crippen molar-refractivity contribution in [2.45, 2.75) is 52.9 Å². The summed E-state index contributed by atoms with van der Waals surface area (Å²) in [7, 11) is 1.60. The number of aryl methyl sites for hydroxylation is 1. The standard InChI is InChI=1S/C25H28N4O4/c1-15-11-19(16(2)27-24(30)33-25(3,4)5)22-20(12-15)28-21(13-26)23(29-22)32-14-17-7-9-18(31-6)10-8-17/h7-12,16H,14H2,1-6H3,(H,27,30)/t16-/m1/s1. The van der Waals surface area contributed by atoms with Crippen LogP contribution in [0.4, 0.5) is 4.79 Å². The van der Waals surface area contributed by atoms with Crippen LogP contribution in [0, 0.1) is 18.3 Å². The van der Waals surface area contributed by atoms with Gasteiger partial charge in [-0.15, -0.1) is 0 Å². The lowest BCUT2D eigenvalue weighted by atomic mass is 10.0. The van der Waals surface area contributed by atoms with Gasteiger partial charge in [-0.1, -0.05) is 18.2 Å². The number of carbonyl (C=O) groups excluding carboxylic acids is 1. The molecule has 0 saturated heterocycles. The molecule has 0 spiro atoms. The van der Waals surface area contributed by atoms with Crippen LogP contribution in [0.3, 0.4) is 0 Å². The van der Waals surface area contributed by atoms with Gasteiger partial charge in [0.15, 0.2) is 0 Å². The van der Waals surface area contributed by atoms with Gasteiger partial charge in [0, 0.05) is 5.56 Å². The van der Waals surface area contributed by atoms with Crippen LogP contribution in [-0.2, 0) is 11.3 Å². The molecule has 0 unspecified atom stereocenters. The molecule has 2 aromatic carbocycles. The predicted octanol–water partition coefficient (Wildman–Crippen LogP) is 4.98. The van der Waals surface area contributed by atoms with Crippen molar-refractivity contribution in [3.8, 4) is 17.7 Å². The van der Waals surface area contributed by atoms with Crippen LogP contribution in [0.1, 0.15) is 56.1 Å². The van der Waals surface area contributed by atoms with Crippen LogP contribution in [0.25, 0.3) is 11.0 Å². The first-order valence-corrected chi connectivity index (χ1v) is 10.6. The molecule has 1 heterocycles. The van der Waals surface area contributed by atoms with Crippen molar-refractivity contribution < 1.29 is 19.0 Å². The molecule has 8 heteroatoms. The van der Waals surface area contributed by atoms with Gasteiger partial charge in [0.05, 0.1) is 24.2 Å². The van der Waals surface area contributed by atoms with Gasteiger partial charge >= 0.3 is 6.09 Å². The van der Waals surface area contributed by atoms with E-state index in [4.69, 9.17) is 14.2 Å². The van der Waals surface area contributed by atoms with Crippen LogP contribution in [0.15, 0.2) is 36.4 Å². The molecule has 3 aromatic rings. The number of rotatable bonds is 6. The molecule has 0 radical (unpaired) electrons. The van der Waals surface area contributed by atoms with E-state index in [9.17, 15) is 10.1 Å². The summed E-state index contributed by atoms with van der Waals surface area (Å²) < 4.78 is 16.4. The zero-order chi connectivity index (χ0) is 24.2. The van der Waals surface area contributed by atoms with E-state index in [1.54, 1.807) is 27.9 Å². The Bertz CT molecular complexity index is 1190. The summed E-state index contributed by atoms with van der Waals surface area (Å²) in [6, 6.07) is 12.9. The van der Waals surface area contributed by atoms with Gasteiger partial charge in [-0.25, -0.2) is 14.8 Å². The molecule has 0 aliphatic heterocycles. The molecule has 0 aliphatic carbocycles. The molecule has 1 aromatic heterocycles. The van der Waals surface area contributed by atoms with Gasteiger partial charge in [-0.3, -0.25) is 0 Å². The highest BCUT2D eigenvalue weighted by Gasteiger charge is 2.21. The maximum atomic E-state index is 12.3. The number of methoxy groups -OCH3 is 1. The van der Waals surface area contributed by atoms with Crippen LogP contribution in [-0.4, -0.2) is 28.8 Å². The van der Waals surface area contributed by atoms with E-state index in [0.717, 1.165) is 22.4 Å². The summed E-state index contributed by atoms with van der Waals surface area (Å²) in [5.74, 6) is 0.879. The lowest BCUT2D eigenvalue weighted by molar-refractivity contribution is 0.0508. The second-order valence-corrected chi connectivity index (χ2v) is 8.72. The minimum absolute atomic E-state index is 0.0975. The first-order valence-electron chi connectivity index (χ1n) is 10.6. The number of nitrogens with zero attached hydrogens (tertiary/aromatic N) is 3. The Morgan fingerprint density at radius 2 is 1.88 bits per heavy atom. The topological polar surface area (TPSA) is 106 Å². The normalized spacial score (nSPS) is 12.0. The van der Waals surface area contributed by atoms with Gasteiger partial charge in [0.25, 0.3) is 5.88 Å². The van der Waals surface area contributed by atoms with Crippen LogP contribution in [0.5, 0.6) is 11.6 Å². The van der Waals surface area contributed by atoms with Crippen molar-refractivity contribution in [1.29, 1.82) is 5.26 Å². The van der Waals surface area contributed by atoms with Crippen molar-refractivity contribution in [2.75, 3.05) is 7.11 Å². The minimum atomic E-state index is -0.609. The predicted molar refractivity (Wildman–Crippen MR) is 124 cm³/mol. The number of benzene rings is 2. The lowest BCUT2D eigenvalue weighted by Crippen LogP contribution is -2.34. The largest absolute Gasteiger partial charge is 0.497 e. The number of hydrogen-bond acceptors (Lipinski definition) is 7. The zero-order valence-electron chi connectivity index (χ0n) is 19.7. The van der Waals surface area contributed by atoms with E-state index in [1.165, 1.54) is 0 Å². The summed E-state index contributed by atoms with van der Waals surface area (Å²) in [4.78, 5) is 21.4. The van der Waals surface area contributed by atoms with Gasteiger partial charge in [-0.05, 0) is 63.9 Å². The van der Waals surface area contributed by atoms with Crippen LogP contribution < -0.4 is 14.8 Å². The molecule has 0 bridgehead atoms. The van der Waals surface area contributed by atoms with E-state index in [1.807, 2.05) is 50.2 Å². The molecule has 1 N–H and O–H groups in total. The summed E-state index contributed by atoms with van der Waals surface area (Å²) in [6.45, 7) is 9.40. The Labute approximate surface area is 193 Å². The fourth-order valence-corrected chi connectivity index (χ4v) is 3.26. The molecule has 1 amide bonds. The summed E-state index contributed by atoms with van der Waals surface area (Å²) in [5, 5.41) is 12.4. The third kappa shape index (κ3) is 6.10. The molecule has 33 heavy (non-hydrogen) atoms. The number of fused-ring (bicyclic) bond motifs is 1. The van der Waals surface area contributed by atoms with Gasteiger partial charge in [0.2, 0.25) is 5.69 Å². The molecule has 3 rings (SSSR count). The molecule has 0 fully saturated rings. The number of nitriles is 1. The van der Waals surface area contributed by atoms with Gasteiger partial charge < -0.3 is 19.5 Å². The zero-order valence-corrected chi connectivity index (χ0v) is 19.7. The van der Waals surface area contributed by atoms with Gasteiger partial charge in [0.1, 0.15) is 24.0 Å². The van der Waals surface area contributed by atoms with E-state index in [-0.39, 0.29) is 18.2 Å². The fraction of sp³-hybridized carbons (Fsp3) is 0.360. The number of alkyl carbamates (subject to hydrolysis) is 1. The average Bonchev–Trinajstić information content (AvgIpc) is 2.75. The fourth-order valence-electron chi connectivity index (χ4n) is 3.26. The summed E-state index contributed by atoms with van der Waals surface area (Å²) >= 11 is 0. The van der Waals surface area contributed by atoms with E-state index < -0.39 is 17.7 Å². The Morgan fingerprint density at radius 1 is 1.18 bits per heavy atom. The molecular weight excluding hydrogens is 420 g/mol. The number of amides is 1. The van der Waals surface area contributed by atoms with E-state index in [0.29, 0.717) is 11.0 Å². The highest BCUT2D eigenvalue weighted by atomic mass is 16.6. The van der Waals surface area contributed by atoms with Crippen LogP contribution >= 0.6 is 0 Å². The van der Waals surface area contributed by atoms with Crippen molar-refractivity contribution in [3.63, 3.8) is 0 Å². The molecular formula is C25H28N4O4. The van der Waals surface area contributed by atoms with Crippen LogP contribution in [0.2, 0.25) is 0 Å². The maximum absolute atomic E-state index is 12.3. The third-order valence-corrected chi connectivity index (χ3v) is 4.75. The first kappa shape index (κ1) is 23.8. The third-order valence-electron chi connectivity index (χ3n) is 4.75. The minimum Gasteiger partial charge on any atom is -0.497 e. The first-order chi connectivity index (χ1) is 15.6. The van der Waals surface area contributed by atoms with Crippen molar-refractivity contribution in [3.05, 3.63) is 58.8 Å². The Kier molecular flexibility index (Phi) is 7.02. The number of aromatic nitrogens is 2. The lowest BCUT2D eigenvalue weighted by Gasteiger charge is -2.22. The number of ether oxygens (including phenoxy) is 3.